The second-order valence-electron chi connectivity index (χ2n) is 4.15. The largest absolute Gasteiger partial charge is 0.416 e. The minimum atomic E-state index is -4.30. The summed E-state index contributed by atoms with van der Waals surface area (Å²) in [5.74, 6) is 0. The Morgan fingerprint density at radius 3 is 2.11 bits per heavy atom. The number of rotatable bonds is 1. The van der Waals surface area contributed by atoms with E-state index in [0.29, 0.717) is 5.69 Å². The van der Waals surface area contributed by atoms with Crippen LogP contribution in [0.4, 0.5) is 18.9 Å². The minimum absolute atomic E-state index is 0.593. The molecule has 18 heavy (non-hydrogen) atoms. The molecule has 0 bridgehead atoms. The summed E-state index contributed by atoms with van der Waals surface area (Å²) in [6, 6.07) is 10.5. The molecule has 0 spiro atoms. The van der Waals surface area contributed by atoms with Gasteiger partial charge in [-0.3, -0.25) is 0 Å². The van der Waals surface area contributed by atoms with E-state index in [1.54, 1.807) is 12.1 Å². The topological polar surface area (TPSA) is 26.0 Å². The number of benzene rings is 2. The Hall–Kier alpha value is -1.97. The van der Waals surface area contributed by atoms with Crippen LogP contribution in [-0.2, 0) is 6.18 Å². The van der Waals surface area contributed by atoms with Crippen molar-refractivity contribution in [1.82, 2.24) is 0 Å². The zero-order valence-corrected chi connectivity index (χ0v) is 9.75. The lowest BCUT2D eigenvalue weighted by molar-refractivity contribution is -0.137. The molecule has 0 saturated carbocycles. The summed E-state index contributed by atoms with van der Waals surface area (Å²) in [6.07, 6.45) is -4.30. The van der Waals surface area contributed by atoms with Gasteiger partial charge < -0.3 is 5.73 Å². The highest BCUT2D eigenvalue weighted by Gasteiger charge is 2.29. The normalized spacial score (nSPS) is 11.6. The quantitative estimate of drug-likeness (QED) is 0.753. The van der Waals surface area contributed by atoms with Gasteiger partial charge in [0, 0.05) is 5.69 Å². The molecule has 2 aromatic carbocycles. The predicted molar refractivity (Wildman–Crippen MR) is 66.0 cm³/mol. The molecule has 0 heterocycles. The van der Waals surface area contributed by atoms with E-state index in [4.69, 9.17) is 5.73 Å². The Labute approximate surface area is 103 Å². The Kier molecular flexibility index (Phi) is 3.03. The van der Waals surface area contributed by atoms with Crippen molar-refractivity contribution in [2.45, 2.75) is 13.1 Å². The molecule has 0 amide bonds. The maximum Gasteiger partial charge on any atom is 0.416 e. The average Bonchev–Trinajstić information content (AvgIpc) is 2.31. The Morgan fingerprint density at radius 1 is 0.944 bits per heavy atom. The maximum atomic E-state index is 12.4. The molecule has 0 radical (unpaired) electrons. The highest BCUT2D eigenvalue weighted by atomic mass is 19.4. The number of aryl methyl sites for hydroxylation is 1. The number of halogens is 3. The smallest absolute Gasteiger partial charge is 0.399 e. The number of anilines is 1. The van der Waals surface area contributed by atoms with Crippen molar-refractivity contribution in [1.29, 1.82) is 0 Å². The van der Waals surface area contributed by atoms with Crippen LogP contribution in [0.25, 0.3) is 11.1 Å². The molecule has 0 fully saturated rings. The van der Waals surface area contributed by atoms with Gasteiger partial charge in [0.25, 0.3) is 0 Å². The van der Waals surface area contributed by atoms with Crippen molar-refractivity contribution in [2.24, 2.45) is 0 Å². The third-order valence-corrected chi connectivity index (χ3v) is 2.78. The number of hydrogen-bond donors (Lipinski definition) is 1. The number of hydrogen-bond acceptors (Lipinski definition) is 1. The van der Waals surface area contributed by atoms with Gasteiger partial charge in [0.1, 0.15) is 0 Å². The van der Waals surface area contributed by atoms with Gasteiger partial charge in [0.2, 0.25) is 0 Å². The van der Waals surface area contributed by atoms with Gasteiger partial charge in [0.05, 0.1) is 5.56 Å². The van der Waals surface area contributed by atoms with Gasteiger partial charge in [-0.2, -0.15) is 13.2 Å². The van der Waals surface area contributed by atoms with E-state index < -0.39 is 11.7 Å². The highest BCUT2D eigenvalue weighted by Crippen LogP contribution is 2.32. The Morgan fingerprint density at radius 2 is 1.56 bits per heavy atom. The molecule has 4 heteroatoms. The molecular weight excluding hydrogens is 239 g/mol. The number of nitrogens with two attached hydrogens (primary N) is 1. The van der Waals surface area contributed by atoms with Crippen LogP contribution >= 0.6 is 0 Å². The fraction of sp³-hybridized carbons (Fsp3) is 0.143. The fourth-order valence-electron chi connectivity index (χ4n) is 1.79. The molecule has 0 aliphatic carbocycles. The van der Waals surface area contributed by atoms with E-state index in [1.807, 2.05) is 13.0 Å². The lowest BCUT2D eigenvalue weighted by Crippen LogP contribution is -2.04. The van der Waals surface area contributed by atoms with Crippen molar-refractivity contribution in [2.75, 3.05) is 5.73 Å². The van der Waals surface area contributed by atoms with Gasteiger partial charge in [-0.25, -0.2) is 0 Å². The summed E-state index contributed by atoms with van der Waals surface area (Å²) < 4.78 is 37.3. The van der Waals surface area contributed by atoms with Crippen LogP contribution in [0, 0.1) is 6.92 Å². The minimum Gasteiger partial charge on any atom is -0.399 e. The van der Waals surface area contributed by atoms with Crippen molar-refractivity contribution < 1.29 is 13.2 Å². The molecule has 0 aromatic heterocycles. The molecule has 2 aromatic rings. The zero-order valence-electron chi connectivity index (χ0n) is 9.75. The third kappa shape index (κ3) is 2.47. The summed E-state index contributed by atoms with van der Waals surface area (Å²) in [5, 5.41) is 0. The number of alkyl halides is 3. The average molecular weight is 251 g/mol. The van der Waals surface area contributed by atoms with Gasteiger partial charge in [-0.15, -0.1) is 0 Å². The summed E-state index contributed by atoms with van der Waals surface area (Å²) in [4.78, 5) is 0. The van der Waals surface area contributed by atoms with E-state index in [2.05, 4.69) is 0 Å². The van der Waals surface area contributed by atoms with Crippen LogP contribution in [0.5, 0.6) is 0 Å². The molecule has 1 nitrogen and oxygen atoms in total. The second kappa shape index (κ2) is 4.37. The molecule has 2 N–H and O–H groups in total. The molecule has 0 unspecified atom stereocenters. The summed E-state index contributed by atoms with van der Waals surface area (Å²) in [7, 11) is 0. The first kappa shape index (κ1) is 12.5. The van der Waals surface area contributed by atoms with Crippen molar-refractivity contribution in [3.8, 4) is 11.1 Å². The molecule has 0 atom stereocenters. The standard InChI is InChI=1S/C14H12F3N/c1-9-2-7-12(18)8-13(9)10-3-5-11(6-4-10)14(15,16)17/h2-8H,18H2,1H3. The first-order valence-electron chi connectivity index (χ1n) is 5.42. The van der Waals surface area contributed by atoms with E-state index in [-0.39, 0.29) is 0 Å². The van der Waals surface area contributed by atoms with Gasteiger partial charge in [-0.1, -0.05) is 18.2 Å². The van der Waals surface area contributed by atoms with Crippen LogP contribution in [-0.4, -0.2) is 0 Å². The highest BCUT2D eigenvalue weighted by molar-refractivity contribution is 5.71. The van der Waals surface area contributed by atoms with E-state index in [1.165, 1.54) is 12.1 Å². The van der Waals surface area contributed by atoms with E-state index in [0.717, 1.165) is 28.8 Å². The van der Waals surface area contributed by atoms with Crippen LogP contribution in [0.3, 0.4) is 0 Å². The van der Waals surface area contributed by atoms with Crippen LogP contribution in [0.15, 0.2) is 42.5 Å². The summed E-state index contributed by atoms with van der Waals surface area (Å²) in [6.45, 7) is 1.90. The van der Waals surface area contributed by atoms with E-state index >= 15 is 0 Å². The van der Waals surface area contributed by atoms with Crippen molar-refractivity contribution in [3.05, 3.63) is 53.6 Å². The fourth-order valence-corrected chi connectivity index (χ4v) is 1.79. The van der Waals surface area contributed by atoms with Gasteiger partial charge in [0.15, 0.2) is 0 Å². The summed E-state index contributed by atoms with van der Waals surface area (Å²) >= 11 is 0. The molecule has 0 aliphatic heterocycles. The predicted octanol–water partition coefficient (Wildman–Crippen LogP) is 4.26. The summed E-state index contributed by atoms with van der Waals surface area (Å²) in [5.41, 5.74) is 8.19. The maximum absolute atomic E-state index is 12.4. The molecule has 94 valence electrons. The Bertz CT molecular complexity index is 556. The third-order valence-electron chi connectivity index (χ3n) is 2.78. The molecule has 0 aliphatic rings. The lowest BCUT2D eigenvalue weighted by atomic mass is 9.99. The Balaban J connectivity index is 2.43. The molecular formula is C14H12F3N. The second-order valence-corrected chi connectivity index (χ2v) is 4.15. The molecule has 0 saturated heterocycles. The van der Waals surface area contributed by atoms with Crippen molar-refractivity contribution >= 4 is 5.69 Å². The van der Waals surface area contributed by atoms with Crippen molar-refractivity contribution in [3.63, 3.8) is 0 Å². The number of nitrogen functional groups attached to an aromatic ring is 1. The van der Waals surface area contributed by atoms with Gasteiger partial charge in [-0.05, 0) is 47.9 Å². The molecule has 2 rings (SSSR count). The van der Waals surface area contributed by atoms with Crippen LogP contribution < -0.4 is 5.73 Å². The zero-order chi connectivity index (χ0) is 13.3. The van der Waals surface area contributed by atoms with Gasteiger partial charge >= 0.3 is 6.18 Å². The van der Waals surface area contributed by atoms with Crippen LogP contribution in [0.2, 0.25) is 0 Å². The van der Waals surface area contributed by atoms with Crippen LogP contribution in [0.1, 0.15) is 11.1 Å². The monoisotopic (exact) mass is 251 g/mol. The lowest BCUT2D eigenvalue weighted by Gasteiger charge is -2.10. The first-order valence-corrected chi connectivity index (χ1v) is 5.42. The SMILES string of the molecule is Cc1ccc(N)cc1-c1ccc(C(F)(F)F)cc1. The first-order chi connectivity index (χ1) is 8.38. The van der Waals surface area contributed by atoms with E-state index in [9.17, 15) is 13.2 Å².